The van der Waals surface area contributed by atoms with E-state index in [0.29, 0.717) is 39.6 Å². The number of nitro groups is 1. The average molecular weight is 486 g/mol. The summed E-state index contributed by atoms with van der Waals surface area (Å²) in [5, 5.41) is 15.5. The van der Waals surface area contributed by atoms with Crippen LogP contribution < -0.4 is 9.47 Å². The number of thioether (sulfide) groups is 2. The zero-order valence-corrected chi connectivity index (χ0v) is 20.1. The van der Waals surface area contributed by atoms with Crippen LogP contribution in [-0.2, 0) is 6.54 Å². The van der Waals surface area contributed by atoms with E-state index >= 15 is 0 Å². The Morgan fingerprint density at radius 3 is 2.45 bits per heavy atom. The van der Waals surface area contributed by atoms with Crippen LogP contribution in [0.3, 0.4) is 0 Å². The zero-order chi connectivity index (χ0) is 23.5. The maximum atomic E-state index is 12.7. The number of aryl methyl sites for hydroxylation is 1. The van der Waals surface area contributed by atoms with Crippen molar-refractivity contribution in [1.82, 2.24) is 9.78 Å². The van der Waals surface area contributed by atoms with Crippen molar-refractivity contribution in [2.45, 2.75) is 25.0 Å². The molecule has 0 spiro atoms. The summed E-state index contributed by atoms with van der Waals surface area (Å²) in [7, 11) is 1.56. The van der Waals surface area contributed by atoms with Gasteiger partial charge in [0.05, 0.1) is 28.7 Å². The Kier molecular flexibility index (Phi) is 6.94. The highest BCUT2D eigenvalue weighted by atomic mass is 32.2. The number of hydrogen-bond acceptors (Lipinski definition) is 8. The molecule has 1 aliphatic rings. The minimum absolute atomic E-state index is 0.0280. The van der Waals surface area contributed by atoms with Crippen LogP contribution in [0.2, 0.25) is 0 Å². The van der Waals surface area contributed by atoms with Gasteiger partial charge in [-0.25, -0.2) is 4.79 Å². The molecule has 4 rings (SSSR count). The highest BCUT2D eigenvalue weighted by molar-refractivity contribution is 8.19. The Bertz CT molecular complexity index is 1190. The summed E-state index contributed by atoms with van der Waals surface area (Å²) in [6.07, 6.45) is 0. The quantitative estimate of drug-likeness (QED) is 0.196. The number of aromatic nitrogens is 2. The molecule has 1 saturated heterocycles. The highest BCUT2D eigenvalue weighted by Crippen LogP contribution is 2.47. The van der Waals surface area contributed by atoms with Gasteiger partial charge in [-0.15, -0.1) is 23.5 Å². The lowest BCUT2D eigenvalue weighted by Gasteiger charge is -2.14. The third-order valence-electron chi connectivity index (χ3n) is 5.33. The molecule has 0 atom stereocenters. The van der Waals surface area contributed by atoms with E-state index in [0.717, 1.165) is 22.6 Å². The highest BCUT2D eigenvalue weighted by Gasteiger charge is 2.22. The topological polar surface area (TPSA) is 96.5 Å². The van der Waals surface area contributed by atoms with Gasteiger partial charge in [-0.1, -0.05) is 18.2 Å². The molecule has 1 aliphatic heterocycles. The molecule has 1 fully saturated rings. The minimum Gasteiger partial charge on any atom is -0.493 e. The van der Waals surface area contributed by atoms with Crippen LogP contribution in [0.1, 0.15) is 37.5 Å². The van der Waals surface area contributed by atoms with E-state index in [1.807, 2.05) is 35.7 Å². The smallest absolute Gasteiger partial charge is 0.343 e. The monoisotopic (exact) mass is 485 g/mol. The second kappa shape index (κ2) is 9.88. The van der Waals surface area contributed by atoms with Crippen LogP contribution in [0.15, 0.2) is 42.5 Å². The number of carbonyl (C=O) groups is 1. The van der Waals surface area contributed by atoms with Gasteiger partial charge in [0.1, 0.15) is 11.4 Å². The standard InChI is InChI=1S/C23H23N3O5S2/c1-14-21(26(28)29)15(2)25(24-14)13-16-4-6-17(7-5-16)22(27)31-19-9-8-18(12-20(19)30-3)23-32-10-11-33-23/h4-9,12,23H,10-11,13H2,1-3H3. The van der Waals surface area contributed by atoms with Crippen LogP contribution in [0.5, 0.6) is 11.5 Å². The summed E-state index contributed by atoms with van der Waals surface area (Å²) in [6, 6.07) is 12.6. The fraction of sp³-hybridized carbons (Fsp3) is 0.304. The number of methoxy groups -OCH3 is 1. The SMILES string of the molecule is COc1cc(C2SCCS2)ccc1OC(=O)c1ccc(Cn2nc(C)c([N+](=O)[O-])c2C)cc1. The van der Waals surface area contributed by atoms with Crippen molar-refractivity contribution >= 4 is 35.2 Å². The van der Waals surface area contributed by atoms with E-state index in [-0.39, 0.29) is 5.69 Å². The minimum atomic E-state index is -0.487. The largest absolute Gasteiger partial charge is 0.493 e. The van der Waals surface area contributed by atoms with Gasteiger partial charge >= 0.3 is 11.7 Å². The summed E-state index contributed by atoms with van der Waals surface area (Å²) in [5.74, 6) is 2.66. The summed E-state index contributed by atoms with van der Waals surface area (Å²) in [4.78, 5) is 23.5. The number of rotatable bonds is 7. The van der Waals surface area contributed by atoms with Gasteiger partial charge in [0.15, 0.2) is 11.5 Å². The van der Waals surface area contributed by atoms with E-state index in [1.165, 1.54) is 0 Å². The number of hydrogen-bond donors (Lipinski definition) is 0. The first-order valence-corrected chi connectivity index (χ1v) is 12.4. The Morgan fingerprint density at radius 2 is 1.85 bits per heavy atom. The van der Waals surface area contributed by atoms with E-state index in [9.17, 15) is 14.9 Å². The molecule has 0 saturated carbocycles. The number of carbonyl (C=O) groups excluding carboxylic acids is 1. The first-order valence-electron chi connectivity index (χ1n) is 10.3. The van der Waals surface area contributed by atoms with E-state index in [2.05, 4.69) is 5.10 Å². The molecule has 33 heavy (non-hydrogen) atoms. The molecule has 0 aliphatic carbocycles. The molecule has 2 heterocycles. The third kappa shape index (κ3) is 5.01. The van der Waals surface area contributed by atoms with Crippen molar-refractivity contribution in [2.24, 2.45) is 0 Å². The summed E-state index contributed by atoms with van der Waals surface area (Å²) in [5.41, 5.74) is 3.30. The molecule has 0 amide bonds. The average Bonchev–Trinajstić information content (AvgIpc) is 3.43. The molecule has 3 aromatic rings. The zero-order valence-electron chi connectivity index (χ0n) is 18.4. The second-order valence-corrected chi connectivity index (χ2v) is 10.2. The van der Waals surface area contributed by atoms with Gasteiger partial charge in [-0.2, -0.15) is 5.10 Å². The van der Waals surface area contributed by atoms with Gasteiger partial charge in [0, 0.05) is 11.5 Å². The molecule has 8 nitrogen and oxygen atoms in total. The van der Waals surface area contributed by atoms with Crippen LogP contribution in [0.4, 0.5) is 5.69 Å². The van der Waals surface area contributed by atoms with Crippen molar-refractivity contribution in [3.8, 4) is 11.5 Å². The number of benzene rings is 2. The Hall–Kier alpha value is -2.98. The molecule has 10 heteroatoms. The fourth-order valence-corrected chi connectivity index (χ4v) is 6.49. The number of esters is 1. The van der Waals surface area contributed by atoms with E-state index < -0.39 is 10.9 Å². The predicted molar refractivity (Wildman–Crippen MR) is 130 cm³/mol. The van der Waals surface area contributed by atoms with Gasteiger partial charge in [0.2, 0.25) is 0 Å². The van der Waals surface area contributed by atoms with Gasteiger partial charge in [0.25, 0.3) is 0 Å². The summed E-state index contributed by atoms with van der Waals surface area (Å²) < 4.78 is 13.0. The lowest BCUT2D eigenvalue weighted by molar-refractivity contribution is -0.386. The normalized spacial score (nSPS) is 13.8. The first kappa shape index (κ1) is 23.2. The first-order chi connectivity index (χ1) is 15.9. The number of ether oxygens (including phenoxy) is 2. The lowest BCUT2D eigenvalue weighted by Crippen LogP contribution is -2.10. The molecule has 0 unspecified atom stereocenters. The number of nitrogens with zero attached hydrogens (tertiary/aromatic N) is 3. The predicted octanol–water partition coefficient (Wildman–Crippen LogP) is 5.16. The fourth-order valence-electron chi connectivity index (χ4n) is 3.65. The molecule has 0 bridgehead atoms. The van der Waals surface area contributed by atoms with Crippen LogP contribution in [0, 0.1) is 24.0 Å². The molecular formula is C23H23N3O5S2. The van der Waals surface area contributed by atoms with Crippen LogP contribution in [0.25, 0.3) is 0 Å². The Labute approximate surface area is 199 Å². The molecule has 2 aromatic carbocycles. The maximum absolute atomic E-state index is 12.7. The molecule has 1 aromatic heterocycles. The van der Waals surface area contributed by atoms with Gasteiger partial charge in [-0.05, 0) is 49.2 Å². The van der Waals surface area contributed by atoms with Crippen molar-refractivity contribution in [2.75, 3.05) is 18.6 Å². The van der Waals surface area contributed by atoms with Crippen molar-refractivity contribution in [3.63, 3.8) is 0 Å². The maximum Gasteiger partial charge on any atom is 0.343 e. The van der Waals surface area contributed by atoms with Gasteiger partial charge in [-0.3, -0.25) is 14.8 Å². The van der Waals surface area contributed by atoms with Crippen molar-refractivity contribution in [3.05, 3.63) is 80.7 Å². The lowest BCUT2D eigenvalue weighted by atomic mass is 10.1. The van der Waals surface area contributed by atoms with Crippen molar-refractivity contribution < 1.29 is 19.2 Å². The van der Waals surface area contributed by atoms with E-state index in [1.54, 1.807) is 56.0 Å². The summed E-state index contributed by atoms with van der Waals surface area (Å²) in [6.45, 7) is 3.65. The van der Waals surface area contributed by atoms with Crippen molar-refractivity contribution in [1.29, 1.82) is 0 Å². The Morgan fingerprint density at radius 1 is 1.15 bits per heavy atom. The third-order valence-corrected chi connectivity index (χ3v) is 8.44. The van der Waals surface area contributed by atoms with Gasteiger partial charge < -0.3 is 9.47 Å². The molecular weight excluding hydrogens is 462 g/mol. The second-order valence-electron chi connectivity index (χ2n) is 7.50. The van der Waals surface area contributed by atoms with Crippen LogP contribution >= 0.6 is 23.5 Å². The molecule has 0 radical (unpaired) electrons. The molecule has 0 N–H and O–H groups in total. The Balaban J connectivity index is 1.46. The molecule has 172 valence electrons. The summed E-state index contributed by atoms with van der Waals surface area (Å²) >= 11 is 3.80. The van der Waals surface area contributed by atoms with Crippen LogP contribution in [-0.4, -0.2) is 39.3 Å². The van der Waals surface area contributed by atoms with E-state index in [4.69, 9.17) is 9.47 Å².